The zero-order valence-electron chi connectivity index (χ0n) is 13.4. The summed E-state index contributed by atoms with van der Waals surface area (Å²) in [6.07, 6.45) is -4.07. The van der Waals surface area contributed by atoms with Crippen molar-refractivity contribution in [2.75, 3.05) is 6.54 Å². The molecule has 1 atom stereocenters. The van der Waals surface area contributed by atoms with Gasteiger partial charge in [-0.05, 0) is 41.3 Å². The highest BCUT2D eigenvalue weighted by Crippen LogP contribution is 2.24. The monoisotopic (exact) mass is 364 g/mol. The number of hydrogen-bond acceptors (Lipinski definition) is 3. The zero-order chi connectivity index (χ0) is 18.7. The Kier molecular flexibility index (Phi) is 4.85. The summed E-state index contributed by atoms with van der Waals surface area (Å²) in [5, 5.41) is 13.7. The van der Waals surface area contributed by atoms with Crippen molar-refractivity contribution in [1.82, 2.24) is 10.3 Å². The number of halogens is 3. The van der Waals surface area contributed by atoms with Crippen molar-refractivity contribution < 1.29 is 27.8 Å². The lowest BCUT2D eigenvalue weighted by molar-refractivity contribution is -0.274. The van der Waals surface area contributed by atoms with E-state index in [2.05, 4.69) is 15.0 Å². The Morgan fingerprint density at radius 3 is 2.58 bits per heavy atom. The molecule has 0 saturated carbocycles. The van der Waals surface area contributed by atoms with Crippen molar-refractivity contribution >= 4 is 16.8 Å². The van der Waals surface area contributed by atoms with Crippen LogP contribution in [0.2, 0.25) is 0 Å². The number of hydrogen-bond donors (Lipinski definition) is 3. The van der Waals surface area contributed by atoms with Gasteiger partial charge in [0.15, 0.2) is 0 Å². The molecule has 5 nitrogen and oxygen atoms in total. The summed E-state index contributed by atoms with van der Waals surface area (Å²) < 4.78 is 40.1. The third-order valence-corrected chi connectivity index (χ3v) is 3.77. The largest absolute Gasteiger partial charge is 0.573 e. The van der Waals surface area contributed by atoms with E-state index in [-0.39, 0.29) is 18.2 Å². The minimum absolute atomic E-state index is 0.0823. The number of aromatic amines is 1. The molecule has 3 rings (SSSR count). The summed E-state index contributed by atoms with van der Waals surface area (Å²) in [4.78, 5) is 15.2. The molecule has 1 amide bonds. The molecule has 1 heterocycles. The average Bonchev–Trinajstić information content (AvgIpc) is 3.06. The fourth-order valence-corrected chi connectivity index (χ4v) is 2.49. The molecule has 0 radical (unpaired) electrons. The first-order chi connectivity index (χ1) is 12.3. The van der Waals surface area contributed by atoms with E-state index in [1.807, 2.05) is 6.07 Å². The van der Waals surface area contributed by atoms with E-state index in [0.717, 1.165) is 23.0 Å². The maximum absolute atomic E-state index is 12.2. The highest BCUT2D eigenvalue weighted by molar-refractivity contribution is 5.97. The van der Waals surface area contributed by atoms with E-state index in [0.29, 0.717) is 11.1 Å². The highest BCUT2D eigenvalue weighted by atomic mass is 19.4. The normalized spacial score (nSPS) is 12.8. The van der Waals surface area contributed by atoms with Crippen LogP contribution in [0.25, 0.3) is 10.9 Å². The molecule has 2 aromatic carbocycles. The molecule has 0 fully saturated rings. The first-order valence-corrected chi connectivity index (χ1v) is 7.71. The molecule has 0 aliphatic rings. The van der Waals surface area contributed by atoms with Gasteiger partial charge in [-0.15, -0.1) is 13.2 Å². The van der Waals surface area contributed by atoms with Crippen LogP contribution in [0.15, 0.2) is 54.7 Å². The summed E-state index contributed by atoms with van der Waals surface area (Å²) in [5.41, 5.74) is 1.61. The number of ether oxygens (including phenoxy) is 1. The number of alkyl halides is 3. The van der Waals surface area contributed by atoms with Gasteiger partial charge in [0.25, 0.3) is 5.91 Å². The van der Waals surface area contributed by atoms with Crippen LogP contribution >= 0.6 is 0 Å². The first kappa shape index (κ1) is 17.8. The van der Waals surface area contributed by atoms with E-state index in [4.69, 9.17) is 0 Å². The Morgan fingerprint density at radius 2 is 1.88 bits per heavy atom. The number of amides is 1. The first-order valence-electron chi connectivity index (χ1n) is 7.71. The Hall–Kier alpha value is -3.00. The van der Waals surface area contributed by atoms with Crippen LogP contribution in [-0.4, -0.2) is 28.9 Å². The van der Waals surface area contributed by atoms with Crippen molar-refractivity contribution in [3.8, 4) is 5.75 Å². The van der Waals surface area contributed by atoms with Crippen LogP contribution < -0.4 is 10.1 Å². The van der Waals surface area contributed by atoms with Gasteiger partial charge < -0.3 is 20.1 Å². The fourth-order valence-electron chi connectivity index (χ4n) is 2.49. The molecule has 1 aromatic heterocycles. The van der Waals surface area contributed by atoms with E-state index in [1.165, 1.54) is 12.1 Å². The topological polar surface area (TPSA) is 74.3 Å². The van der Waals surface area contributed by atoms with E-state index in [9.17, 15) is 23.1 Å². The number of fused-ring (bicyclic) bond motifs is 1. The van der Waals surface area contributed by atoms with Gasteiger partial charge in [0.2, 0.25) is 0 Å². The summed E-state index contributed by atoms with van der Waals surface area (Å²) in [5.74, 6) is -0.741. The molecule has 0 aliphatic carbocycles. The molecular formula is C18H15F3N2O3. The maximum Gasteiger partial charge on any atom is 0.573 e. The number of aliphatic hydroxyl groups is 1. The van der Waals surface area contributed by atoms with Crippen LogP contribution in [0.3, 0.4) is 0 Å². The molecule has 136 valence electrons. The maximum atomic E-state index is 12.2. The minimum Gasteiger partial charge on any atom is -0.406 e. The SMILES string of the molecule is O=C(NCC(O)c1ccc(OC(F)(F)F)cc1)c1ccc2cc[nH]c2c1. The van der Waals surface area contributed by atoms with E-state index in [1.54, 1.807) is 24.4 Å². The molecular weight excluding hydrogens is 349 g/mol. The molecule has 0 spiro atoms. The quantitative estimate of drug-likeness (QED) is 0.648. The summed E-state index contributed by atoms with van der Waals surface area (Å²) in [6.45, 7) is -0.0823. The van der Waals surface area contributed by atoms with Gasteiger partial charge in [-0.25, -0.2) is 0 Å². The molecule has 3 aromatic rings. The molecule has 3 N–H and O–H groups in total. The summed E-state index contributed by atoms with van der Waals surface area (Å²) >= 11 is 0. The van der Waals surface area contributed by atoms with Gasteiger partial charge in [-0.2, -0.15) is 0 Å². The molecule has 0 saturated heterocycles. The average molecular weight is 364 g/mol. The molecule has 0 aliphatic heterocycles. The van der Waals surface area contributed by atoms with Gasteiger partial charge in [0, 0.05) is 23.8 Å². The zero-order valence-corrected chi connectivity index (χ0v) is 13.4. The Balaban J connectivity index is 1.59. The van der Waals surface area contributed by atoms with E-state index >= 15 is 0 Å². The Bertz CT molecular complexity index is 904. The number of carbonyl (C=O) groups excluding carboxylic acids is 1. The van der Waals surface area contributed by atoms with Crippen LogP contribution in [0.5, 0.6) is 5.75 Å². The van der Waals surface area contributed by atoms with Crippen LogP contribution in [-0.2, 0) is 0 Å². The molecule has 26 heavy (non-hydrogen) atoms. The number of carbonyl (C=O) groups is 1. The van der Waals surface area contributed by atoms with Crippen molar-refractivity contribution in [3.63, 3.8) is 0 Å². The predicted octanol–water partition coefficient (Wildman–Crippen LogP) is 3.53. The lowest BCUT2D eigenvalue weighted by atomic mass is 10.1. The van der Waals surface area contributed by atoms with Crippen LogP contribution in [0.1, 0.15) is 22.0 Å². The van der Waals surface area contributed by atoms with Crippen LogP contribution in [0.4, 0.5) is 13.2 Å². The second-order valence-corrected chi connectivity index (χ2v) is 5.62. The summed E-state index contributed by atoms with van der Waals surface area (Å²) in [6, 6.07) is 11.9. The molecule has 1 unspecified atom stereocenters. The molecule has 0 bridgehead atoms. The van der Waals surface area contributed by atoms with Crippen molar-refractivity contribution in [2.24, 2.45) is 0 Å². The van der Waals surface area contributed by atoms with Gasteiger partial charge in [0.05, 0.1) is 6.10 Å². The number of aliphatic hydroxyl groups excluding tert-OH is 1. The third kappa shape index (κ3) is 4.34. The van der Waals surface area contributed by atoms with Gasteiger partial charge in [-0.3, -0.25) is 4.79 Å². The molecule has 8 heteroatoms. The number of nitrogens with one attached hydrogen (secondary N) is 2. The minimum atomic E-state index is -4.77. The number of benzene rings is 2. The summed E-state index contributed by atoms with van der Waals surface area (Å²) in [7, 11) is 0. The van der Waals surface area contributed by atoms with Crippen molar-refractivity contribution in [2.45, 2.75) is 12.5 Å². The second-order valence-electron chi connectivity index (χ2n) is 5.62. The predicted molar refractivity (Wildman–Crippen MR) is 88.7 cm³/mol. The van der Waals surface area contributed by atoms with Gasteiger partial charge in [-0.1, -0.05) is 18.2 Å². The smallest absolute Gasteiger partial charge is 0.406 e. The number of aromatic nitrogens is 1. The van der Waals surface area contributed by atoms with Gasteiger partial charge >= 0.3 is 6.36 Å². The Morgan fingerprint density at radius 1 is 1.15 bits per heavy atom. The number of H-pyrrole nitrogens is 1. The van der Waals surface area contributed by atoms with Gasteiger partial charge in [0.1, 0.15) is 5.75 Å². The number of rotatable bonds is 5. The van der Waals surface area contributed by atoms with Crippen molar-refractivity contribution in [1.29, 1.82) is 0 Å². The fraction of sp³-hybridized carbons (Fsp3) is 0.167. The van der Waals surface area contributed by atoms with Crippen molar-refractivity contribution in [3.05, 3.63) is 65.9 Å². The highest BCUT2D eigenvalue weighted by Gasteiger charge is 2.31. The second kappa shape index (κ2) is 7.09. The third-order valence-electron chi connectivity index (χ3n) is 3.77. The lowest BCUT2D eigenvalue weighted by Gasteiger charge is -2.14. The lowest BCUT2D eigenvalue weighted by Crippen LogP contribution is -2.28. The Labute approximate surface area is 146 Å². The van der Waals surface area contributed by atoms with E-state index < -0.39 is 12.5 Å². The van der Waals surface area contributed by atoms with Crippen LogP contribution in [0, 0.1) is 0 Å². The standard InChI is InChI=1S/C18H15F3N2O3/c19-18(20,21)26-14-5-3-12(4-6-14)16(24)10-23-17(25)13-2-1-11-7-8-22-15(11)9-13/h1-9,16,22,24H,10H2,(H,23,25).